The van der Waals surface area contributed by atoms with E-state index in [9.17, 15) is 14.0 Å². The minimum absolute atomic E-state index is 0.0461. The van der Waals surface area contributed by atoms with Crippen molar-refractivity contribution in [1.29, 1.82) is 5.26 Å². The first-order valence-electron chi connectivity index (χ1n) is 9.61. The monoisotopic (exact) mass is 427 g/mol. The molecule has 3 aromatic carbocycles. The van der Waals surface area contributed by atoms with Crippen molar-refractivity contribution in [3.8, 4) is 17.6 Å². The number of nitrogens with one attached hydrogen (secondary N) is 1. The summed E-state index contributed by atoms with van der Waals surface area (Å²) in [5.41, 5.74) is 1.79. The van der Waals surface area contributed by atoms with E-state index in [0.717, 1.165) is 4.90 Å². The van der Waals surface area contributed by atoms with Gasteiger partial charge >= 0.3 is 0 Å². The number of carbonyl (C=O) groups is 2. The zero-order valence-electron chi connectivity index (χ0n) is 16.5. The highest BCUT2D eigenvalue weighted by Gasteiger charge is 2.40. The zero-order valence-corrected chi connectivity index (χ0v) is 16.5. The van der Waals surface area contributed by atoms with E-state index in [-0.39, 0.29) is 18.1 Å². The highest BCUT2D eigenvalue weighted by atomic mass is 19.1. The SMILES string of the molecule is N#Cc1ccc(N2C(=O)C(Nc3ccc4c(c3)OCO4)=C(c3ccc(F)cc3)C2=O)cc1. The van der Waals surface area contributed by atoms with Crippen LogP contribution in [0.4, 0.5) is 15.8 Å². The molecule has 0 spiro atoms. The Bertz CT molecular complexity index is 1320. The van der Waals surface area contributed by atoms with Crippen molar-refractivity contribution in [2.75, 3.05) is 17.0 Å². The van der Waals surface area contributed by atoms with Crippen LogP contribution in [0.1, 0.15) is 11.1 Å². The predicted molar refractivity (Wildman–Crippen MR) is 113 cm³/mol. The molecular weight excluding hydrogens is 413 g/mol. The first kappa shape index (κ1) is 19.3. The lowest BCUT2D eigenvalue weighted by molar-refractivity contribution is -0.120. The molecule has 3 aromatic rings. The molecule has 0 aliphatic carbocycles. The van der Waals surface area contributed by atoms with Crippen LogP contribution in [0.15, 0.2) is 72.4 Å². The lowest BCUT2D eigenvalue weighted by Crippen LogP contribution is -2.32. The van der Waals surface area contributed by atoms with Crippen molar-refractivity contribution in [3.05, 3.63) is 89.4 Å². The van der Waals surface area contributed by atoms with Crippen molar-refractivity contribution in [3.63, 3.8) is 0 Å². The molecular formula is C24H14FN3O4. The van der Waals surface area contributed by atoms with Gasteiger partial charge in [0.15, 0.2) is 11.5 Å². The summed E-state index contributed by atoms with van der Waals surface area (Å²) in [5, 5.41) is 12.0. The fourth-order valence-corrected chi connectivity index (χ4v) is 3.57. The van der Waals surface area contributed by atoms with Gasteiger partial charge in [-0.15, -0.1) is 0 Å². The molecule has 0 radical (unpaired) electrons. The highest BCUT2D eigenvalue weighted by Crippen LogP contribution is 2.37. The maximum absolute atomic E-state index is 13.5. The Balaban J connectivity index is 1.58. The number of nitriles is 1. The molecule has 1 N–H and O–H groups in total. The third kappa shape index (κ3) is 3.22. The summed E-state index contributed by atoms with van der Waals surface area (Å²) in [5.74, 6) is -0.498. The van der Waals surface area contributed by atoms with Crippen molar-refractivity contribution in [1.82, 2.24) is 0 Å². The Labute approximate surface area is 181 Å². The van der Waals surface area contributed by atoms with Crippen LogP contribution in [0.25, 0.3) is 5.57 Å². The first-order valence-corrected chi connectivity index (χ1v) is 9.61. The average Bonchev–Trinajstić information content (AvgIpc) is 3.37. The molecule has 0 aromatic heterocycles. The molecule has 5 rings (SSSR count). The van der Waals surface area contributed by atoms with E-state index in [0.29, 0.717) is 34.0 Å². The summed E-state index contributed by atoms with van der Waals surface area (Å²) in [6, 6.07) is 18.5. The minimum Gasteiger partial charge on any atom is -0.454 e. The Kier molecular flexibility index (Phi) is 4.57. The summed E-state index contributed by atoms with van der Waals surface area (Å²) in [4.78, 5) is 27.7. The second-order valence-electron chi connectivity index (χ2n) is 7.05. The van der Waals surface area contributed by atoms with Crippen molar-refractivity contribution in [2.45, 2.75) is 0 Å². The molecule has 2 aliphatic heterocycles. The van der Waals surface area contributed by atoms with E-state index in [1.807, 2.05) is 6.07 Å². The van der Waals surface area contributed by atoms with Crippen LogP contribution in [-0.4, -0.2) is 18.6 Å². The van der Waals surface area contributed by atoms with Crippen LogP contribution >= 0.6 is 0 Å². The first-order chi connectivity index (χ1) is 15.5. The second kappa shape index (κ2) is 7.56. The van der Waals surface area contributed by atoms with Gasteiger partial charge in [-0.1, -0.05) is 12.1 Å². The molecule has 0 unspecified atom stereocenters. The second-order valence-corrected chi connectivity index (χ2v) is 7.05. The van der Waals surface area contributed by atoms with E-state index in [4.69, 9.17) is 14.7 Å². The maximum Gasteiger partial charge on any atom is 0.282 e. The normalized spacial score (nSPS) is 14.7. The van der Waals surface area contributed by atoms with Crippen molar-refractivity contribution in [2.24, 2.45) is 0 Å². The molecule has 32 heavy (non-hydrogen) atoms. The molecule has 8 heteroatoms. The van der Waals surface area contributed by atoms with E-state index in [1.54, 1.807) is 18.2 Å². The summed E-state index contributed by atoms with van der Waals surface area (Å²) in [6.45, 7) is 0.103. The van der Waals surface area contributed by atoms with Gasteiger partial charge in [-0.05, 0) is 54.1 Å². The van der Waals surface area contributed by atoms with Gasteiger partial charge in [0.2, 0.25) is 6.79 Å². The van der Waals surface area contributed by atoms with Crippen molar-refractivity contribution >= 4 is 28.8 Å². The maximum atomic E-state index is 13.5. The number of nitrogens with zero attached hydrogens (tertiary/aromatic N) is 2. The molecule has 7 nitrogen and oxygen atoms in total. The Morgan fingerprint density at radius 2 is 1.62 bits per heavy atom. The number of hydrogen-bond donors (Lipinski definition) is 1. The van der Waals surface area contributed by atoms with Gasteiger partial charge in [-0.3, -0.25) is 9.59 Å². The van der Waals surface area contributed by atoms with Gasteiger partial charge < -0.3 is 14.8 Å². The summed E-state index contributed by atoms with van der Waals surface area (Å²) < 4.78 is 24.2. The van der Waals surface area contributed by atoms with Gasteiger partial charge in [0.25, 0.3) is 11.8 Å². The van der Waals surface area contributed by atoms with Gasteiger partial charge in [-0.2, -0.15) is 5.26 Å². The largest absolute Gasteiger partial charge is 0.454 e. The third-order valence-corrected chi connectivity index (χ3v) is 5.11. The zero-order chi connectivity index (χ0) is 22.2. The van der Waals surface area contributed by atoms with Crippen molar-refractivity contribution < 1.29 is 23.5 Å². The highest BCUT2D eigenvalue weighted by molar-refractivity contribution is 6.46. The van der Waals surface area contributed by atoms with Crippen LogP contribution in [0.2, 0.25) is 0 Å². The average molecular weight is 427 g/mol. The summed E-state index contributed by atoms with van der Waals surface area (Å²) >= 11 is 0. The van der Waals surface area contributed by atoms with Crippen LogP contribution in [0, 0.1) is 17.1 Å². The lowest BCUT2D eigenvalue weighted by atomic mass is 10.0. The minimum atomic E-state index is -0.573. The topological polar surface area (TPSA) is 91.7 Å². The molecule has 2 heterocycles. The number of carbonyl (C=O) groups excluding carboxylic acids is 2. The fourth-order valence-electron chi connectivity index (χ4n) is 3.57. The predicted octanol–water partition coefficient (Wildman–Crippen LogP) is 3.82. The van der Waals surface area contributed by atoms with Crippen LogP contribution in [0.3, 0.4) is 0 Å². The van der Waals surface area contributed by atoms with Crippen LogP contribution in [0.5, 0.6) is 11.5 Å². The van der Waals surface area contributed by atoms with E-state index in [1.165, 1.54) is 48.5 Å². The lowest BCUT2D eigenvalue weighted by Gasteiger charge is -2.15. The third-order valence-electron chi connectivity index (χ3n) is 5.11. The number of rotatable bonds is 4. The summed E-state index contributed by atoms with van der Waals surface area (Å²) in [7, 11) is 0. The molecule has 0 bridgehead atoms. The number of benzene rings is 3. The Morgan fingerprint density at radius 3 is 2.34 bits per heavy atom. The number of ether oxygens (including phenoxy) is 2. The number of hydrogen-bond acceptors (Lipinski definition) is 6. The number of anilines is 2. The standard InChI is InChI=1S/C24H14FN3O4/c25-16-5-3-15(4-6-16)21-22(27-17-7-10-19-20(11-17)32-13-31-19)24(30)28(23(21)29)18-8-1-14(12-26)2-9-18/h1-11,27H,13H2. The molecule has 0 fully saturated rings. The number of halogens is 1. The molecule has 156 valence electrons. The number of imide groups is 1. The molecule has 2 amide bonds. The van der Waals surface area contributed by atoms with E-state index < -0.39 is 17.6 Å². The number of amides is 2. The molecule has 0 saturated carbocycles. The summed E-state index contributed by atoms with van der Waals surface area (Å²) in [6.07, 6.45) is 0. The Morgan fingerprint density at radius 1 is 0.906 bits per heavy atom. The quantitative estimate of drug-likeness (QED) is 0.637. The van der Waals surface area contributed by atoms with Gasteiger partial charge in [0.05, 0.1) is 22.9 Å². The molecule has 0 atom stereocenters. The fraction of sp³-hybridized carbons (Fsp3) is 0.0417. The molecule has 2 aliphatic rings. The van der Waals surface area contributed by atoms with E-state index >= 15 is 0 Å². The van der Waals surface area contributed by atoms with Gasteiger partial charge in [-0.25, -0.2) is 9.29 Å². The van der Waals surface area contributed by atoms with Crippen LogP contribution in [-0.2, 0) is 9.59 Å². The van der Waals surface area contributed by atoms with E-state index in [2.05, 4.69) is 5.32 Å². The Hall–Kier alpha value is -4.64. The van der Waals surface area contributed by atoms with Gasteiger partial charge in [0, 0.05) is 11.8 Å². The smallest absolute Gasteiger partial charge is 0.282 e. The van der Waals surface area contributed by atoms with Gasteiger partial charge in [0.1, 0.15) is 11.5 Å². The van der Waals surface area contributed by atoms with Crippen LogP contribution < -0.4 is 19.7 Å². The molecule has 0 saturated heterocycles. The number of fused-ring (bicyclic) bond motifs is 1.